The average molecular weight is 275 g/mol. The zero-order valence-electron chi connectivity index (χ0n) is 8.77. The van der Waals surface area contributed by atoms with Crippen molar-refractivity contribution in [2.45, 2.75) is 26.2 Å². The molecule has 0 fully saturated rings. The van der Waals surface area contributed by atoms with E-state index in [4.69, 9.17) is 5.11 Å². The minimum absolute atomic E-state index is 0.187. The Labute approximate surface area is 96.2 Å². The minimum Gasteiger partial charge on any atom is -0.478 e. The van der Waals surface area contributed by atoms with Crippen LogP contribution < -0.4 is 0 Å². The third-order valence-corrected chi connectivity index (χ3v) is 2.70. The molecule has 0 unspecified atom stereocenters. The van der Waals surface area contributed by atoms with Gasteiger partial charge in [0, 0.05) is 0 Å². The van der Waals surface area contributed by atoms with E-state index in [1.54, 1.807) is 6.07 Å². The van der Waals surface area contributed by atoms with Crippen LogP contribution in [0.3, 0.4) is 0 Å². The Morgan fingerprint density at radius 3 is 2.33 bits per heavy atom. The number of rotatable bonds is 1. The van der Waals surface area contributed by atoms with E-state index in [-0.39, 0.29) is 15.5 Å². The summed E-state index contributed by atoms with van der Waals surface area (Å²) in [6.07, 6.45) is 0. The fraction of sp³-hybridized carbons (Fsp3) is 0.364. The molecular formula is C11H12BrFO2. The van der Waals surface area contributed by atoms with Gasteiger partial charge in [0.05, 0.1) is 10.0 Å². The Hall–Kier alpha value is -0.900. The summed E-state index contributed by atoms with van der Waals surface area (Å²) in [5, 5.41) is 8.82. The van der Waals surface area contributed by atoms with E-state index < -0.39 is 11.8 Å². The number of carboxylic acid groups (broad SMARTS) is 1. The molecule has 0 aliphatic carbocycles. The molecule has 0 aromatic heterocycles. The quantitative estimate of drug-likeness (QED) is 0.850. The zero-order chi connectivity index (χ0) is 11.8. The monoisotopic (exact) mass is 274 g/mol. The summed E-state index contributed by atoms with van der Waals surface area (Å²) >= 11 is 3.02. The molecule has 1 aromatic rings. The van der Waals surface area contributed by atoms with Gasteiger partial charge in [0.2, 0.25) is 0 Å². The van der Waals surface area contributed by atoms with Crippen LogP contribution in [0.4, 0.5) is 4.39 Å². The van der Waals surface area contributed by atoms with Crippen LogP contribution in [0.2, 0.25) is 0 Å². The van der Waals surface area contributed by atoms with Crippen molar-refractivity contribution in [2.75, 3.05) is 0 Å². The van der Waals surface area contributed by atoms with E-state index in [1.165, 1.54) is 6.07 Å². The van der Waals surface area contributed by atoms with Crippen molar-refractivity contribution < 1.29 is 14.3 Å². The standard InChI is InChI=1S/C11H12BrFO2/c1-11(2,3)6-4-7(10(14)15)9(13)8(12)5-6/h4-5H,1-3H3,(H,14,15). The molecule has 0 atom stereocenters. The lowest BCUT2D eigenvalue weighted by molar-refractivity contribution is 0.0691. The van der Waals surface area contributed by atoms with Gasteiger partial charge in [-0.2, -0.15) is 0 Å². The molecule has 1 rings (SSSR count). The summed E-state index contributed by atoms with van der Waals surface area (Å²) < 4.78 is 13.6. The van der Waals surface area contributed by atoms with Crippen LogP contribution in [-0.4, -0.2) is 11.1 Å². The van der Waals surface area contributed by atoms with Crippen LogP contribution >= 0.6 is 15.9 Å². The second-order valence-electron chi connectivity index (χ2n) is 4.37. The van der Waals surface area contributed by atoms with Crippen LogP contribution in [0.5, 0.6) is 0 Å². The predicted molar refractivity (Wildman–Crippen MR) is 59.8 cm³/mol. The van der Waals surface area contributed by atoms with E-state index in [0.29, 0.717) is 0 Å². The van der Waals surface area contributed by atoms with Gasteiger partial charge < -0.3 is 5.11 Å². The maximum absolute atomic E-state index is 13.4. The number of hydrogen-bond donors (Lipinski definition) is 1. The van der Waals surface area contributed by atoms with E-state index in [1.807, 2.05) is 20.8 Å². The van der Waals surface area contributed by atoms with Crippen LogP contribution in [0.25, 0.3) is 0 Å². The number of benzene rings is 1. The van der Waals surface area contributed by atoms with Crippen LogP contribution in [0, 0.1) is 5.82 Å². The summed E-state index contributed by atoms with van der Waals surface area (Å²) in [5.41, 5.74) is 0.280. The molecule has 4 heteroatoms. The first-order chi connectivity index (χ1) is 6.73. The first kappa shape index (κ1) is 12.2. The van der Waals surface area contributed by atoms with Gasteiger partial charge in [0.15, 0.2) is 5.82 Å². The molecule has 2 nitrogen and oxygen atoms in total. The van der Waals surface area contributed by atoms with Crippen LogP contribution in [0.1, 0.15) is 36.7 Å². The largest absolute Gasteiger partial charge is 0.478 e. The highest BCUT2D eigenvalue weighted by Crippen LogP contribution is 2.29. The van der Waals surface area contributed by atoms with Crippen molar-refractivity contribution in [1.82, 2.24) is 0 Å². The third kappa shape index (κ3) is 2.56. The zero-order valence-corrected chi connectivity index (χ0v) is 10.4. The Bertz CT molecular complexity index is 408. The summed E-state index contributed by atoms with van der Waals surface area (Å²) in [5.74, 6) is -1.98. The Morgan fingerprint density at radius 2 is 1.93 bits per heavy atom. The van der Waals surface area contributed by atoms with E-state index in [9.17, 15) is 9.18 Å². The maximum atomic E-state index is 13.4. The molecule has 0 amide bonds. The Kier molecular flexibility index (Phi) is 3.19. The van der Waals surface area contributed by atoms with Crippen molar-refractivity contribution in [2.24, 2.45) is 0 Å². The van der Waals surface area contributed by atoms with Gasteiger partial charge in [-0.05, 0) is 39.0 Å². The fourth-order valence-electron chi connectivity index (χ4n) is 1.18. The summed E-state index contributed by atoms with van der Waals surface area (Å²) in [4.78, 5) is 10.8. The lowest BCUT2D eigenvalue weighted by Gasteiger charge is -2.20. The molecule has 82 valence electrons. The molecule has 1 N–H and O–H groups in total. The molecular weight excluding hydrogens is 263 g/mol. The average Bonchev–Trinajstić information content (AvgIpc) is 2.06. The second kappa shape index (κ2) is 3.93. The Balaban J connectivity index is 3.43. The smallest absolute Gasteiger partial charge is 0.338 e. The highest BCUT2D eigenvalue weighted by atomic mass is 79.9. The lowest BCUT2D eigenvalue weighted by Crippen LogP contribution is -2.13. The van der Waals surface area contributed by atoms with Crippen molar-refractivity contribution in [3.63, 3.8) is 0 Å². The molecule has 15 heavy (non-hydrogen) atoms. The highest BCUT2D eigenvalue weighted by Gasteiger charge is 2.20. The second-order valence-corrected chi connectivity index (χ2v) is 5.23. The van der Waals surface area contributed by atoms with Gasteiger partial charge in [-0.15, -0.1) is 0 Å². The minimum atomic E-state index is -1.25. The van der Waals surface area contributed by atoms with Crippen molar-refractivity contribution in [3.05, 3.63) is 33.5 Å². The first-order valence-corrected chi connectivity index (χ1v) is 5.25. The highest BCUT2D eigenvalue weighted by molar-refractivity contribution is 9.10. The molecule has 0 saturated heterocycles. The van der Waals surface area contributed by atoms with Crippen LogP contribution in [-0.2, 0) is 5.41 Å². The third-order valence-electron chi connectivity index (χ3n) is 2.12. The summed E-state index contributed by atoms with van der Waals surface area (Å²) in [7, 11) is 0. The van der Waals surface area contributed by atoms with Gasteiger partial charge in [-0.25, -0.2) is 9.18 Å². The van der Waals surface area contributed by atoms with Crippen molar-refractivity contribution in [3.8, 4) is 0 Å². The number of carbonyl (C=O) groups is 1. The topological polar surface area (TPSA) is 37.3 Å². The number of aromatic carboxylic acids is 1. The van der Waals surface area contributed by atoms with Crippen molar-refractivity contribution >= 4 is 21.9 Å². The maximum Gasteiger partial charge on any atom is 0.338 e. The van der Waals surface area contributed by atoms with Crippen molar-refractivity contribution in [1.29, 1.82) is 0 Å². The molecule has 0 aliphatic rings. The molecule has 0 aliphatic heterocycles. The van der Waals surface area contributed by atoms with E-state index >= 15 is 0 Å². The van der Waals surface area contributed by atoms with E-state index in [2.05, 4.69) is 15.9 Å². The Morgan fingerprint density at radius 1 is 1.40 bits per heavy atom. The fourth-order valence-corrected chi connectivity index (χ4v) is 1.64. The van der Waals surface area contributed by atoms with Gasteiger partial charge >= 0.3 is 5.97 Å². The number of halogens is 2. The molecule has 0 spiro atoms. The SMILES string of the molecule is CC(C)(C)c1cc(Br)c(F)c(C(=O)O)c1. The molecule has 0 saturated carbocycles. The van der Waals surface area contributed by atoms with Gasteiger partial charge in [0.25, 0.3) is 0 Å². The van der Waals surface area contributed by atoms with Crippen LogP contribution in [0.15, 0.2) is 16.6 Å². The molecule has 1 aromatic carbocycles. The number of hydrogen-bond acceptors (Lipinski definition) is 1. The van der Waals surface area contributed by atoms with Gasteiger partial charge in [-0.1, -0.05) is 20.8 Å². The molecule has 0 radical (unpaired) electrons. The van der Waals surface area contributed by atoms with Gasteiger partial charge in [0.1, 0.15) is 0 Å². The normalized spacial score (nSPS) is 11.5. The summed E-state index contributed by atoms with van der Waals surface area (Å²) in [6, 6.07) is 2.99. The molecule has 0 bridgehead atoms. The van der Waals surface area contributed by atoms with Gasteiger partial charge in [-0.3, -0.25) is 0 Å². The lowest BCUT2D eigenvalue weighted by atomic mass is 9.86. The molecule has 0 heterocycles. The number of carboxylic acids is 1. The predicted octanol–water partition coefficient (Wildman–Crippen LogP) is 3.58. The first-order valence-electron chi connectivity index (χ1n) is 4.46. The summed E-state index contributed by atoms with van der Waals surface area (Å²) in [6.45, 7) is 5.83. The van der Waals surface area contributed by atoms with E-state index in [0.717, 1.165) is 5.56 Å².